The summed E-state index contributed by atoms with van der Waals surface area (Å²) < 4.78 is 33.3. The molecular weight excluding hydrogens is 396 g/mol. The van der Waals surface area contributed by atoms with Crippen molar-refractivity contribution in [1.82, 2.24) is 5.32 Å². The van der Waals surface area contributed by atoms with Gasteiger partial charge in [0.1, 0.15) is 28.7 Å². The number of phenols is 2. The monoisotopic (exact) mass is 413 g/mol. The van der Waals surface area contributed by atoms with E-state index in [2.05, 4.69) is 10.1 Å². The van der Waals surface area contributed by atoms with Crippen LogP contribution in [0.5, 0.6) is 11.5 Å². The van der Waals surface area contributed by atoms with Crippen molar-refractivity contribution in [2.45, 2.75) is 6.54 Å². The van der Waals surface area contributed by atoms with Gasteiger partial charge < -0.3 is 20.3 Å². The van der Waals surface area contributed by atoms with E-state index in [9.17, 15) is 28.6 Å². The smallest absolute Gasteiger partial charge is 0.341 e. The first-order valence-corrected chi connectivity index (χ1v) is 8.77. The molecule has 8 heteroatoms. The van der Waals surface area contributed by atoms with E-state index in [1.807, 2.05) is 0 Å². The van der Waals surface area contributed by atoms with E-state index in [-0.39, 0.29) is 45.9 Å². The number of hydrogen-bond donors (Lipinski definition) is 3. The Morgan fingerprint density at radius 2 is 1.67 bits per heavy atom. The minimum absolute atomic E-state index is 0.00649. The van der Waals surface area contributed by atoms with Gasteiger partial charge in [-0.3, -0.25) is 4.79 Å². The molecule has 6 nitrogen and oxygen atoms in total. The molecule has 0 aliphatic heterocycles. The van der Waals surface area contributed by atoms with Gasteiger partial charge in [-0.15, -0.1) is 0 Å². The van der Waals surface area contributed by atoms with Crippen molar-refractivity contribution in [3.63, 3.8) is 0 Å². The second-order valence-electron chi connectivity index (χ2n) is 6.38. The summed E-state index contributed by atoms with van der Waals surface area (Å²) in [5, 5.41) is 21.4. The molecule has 0 aliphatic carbocycles. The lowest BCUT2D eigenvalue weighted by atomic mass is 9.98. The van der Waals surface area contributed by atoms with Gasteiger partial charge in [-0.1, -0.05) is 24.3 Å². The number of aromatic hydroxyl groups is 2. The Hall–Kier alpha value is -3.94. The number of methoxy groups -OCH3 is 1. The van der Waals surface area contributed by atoms with Crippen LogP contribution < -0.4 is 5.32 Å². The molecule has 0 unspecified atom stereocenters. The molecule has 3 aromatic rings. The molecule has 3 N–H and O–H groups in total. The number of ether oxygens (including phenoxy) is 1. The lowest BCUT2D eigenvalue weighted by Crippen LogP contribution is -2.23. The fraction of sp³-hybridized carbons (Fsp3) is 0.0909. The highest BCUT2D eigenvalue weighted by molar-refractivity contribution is 5.97. The molecule has 154 valence electrons. The summed E-state index contributed by atoms with van der Waals surface area (Å²) >= 11 is 0. The molecule has 0 saturated heterocycles. The Morgan fingerprint density at radius 3 is 2.30 bits per heavy atom. The van der Waals surface area contributed by atoms with Crippen LogP contribution in [0.15, 0.2) is 54.6 Å². The lowest BCUT2D eigenvalue weighted by Gasteiger charge is -2.11. The van der Waals surface area contributed by atoms with Crippen LogP contribution in [0.25, 0.3) is 11.1 Å². The van der Waals surface area contributed by atoms with Crippen LogP contribution in [-0.2, 0) is 11.3 Å². The predicted octanol–water partition coefficient (Wildman–Crippen LogP) is 3.76. The van der Waals surface area contributed by atoms with Crippen LogP contribution >= 0.6 is 0 Å². The second kappa shape index (κ2) is 8.60. The zero-order valence-corrected chi connectivity index (χ0v) is 15.8. The first-order valence-electron chi connectivity index (χ1n) is 8.77. The van der Waals surface area contributed by atoms with E-state index in [0.29, 0.717) is 0 Å². The Morgan fingerprint density at radius 1 is 0.967 bits per heavy atom. The molecule has 3 aromatic carbocycles. The molecule has 0 atom stereocenters. The van der Waals surface area contributed by atoms with Crippen molar-refractivity contribution in [3.05, 3.63) is 82.9 Å². The quantitative estimate of drug-likeness (QED) is 0.554. The molecule has 0 heterocycles. The molecule has 0 fully saturated rings. The summed E-state index contributed by atoms with van der Waals surface area (Å²) in [5.41, 5.74) is 0.288. The third kappa shape index (κ3) is 4.38. The fourth-order valence-electron chi connectivity index (χ4n) is 2.94. The zero-order valence-electron chi connectivity index (χ0n) is 15.8. The van der Waals surface area contributed by atoms with Gasteiger partial charge in [0.2, 0.25) is 0 Å². The zero-order chi connectivity index (χ0) is 21.8. The fourth-order valence-corrected chi connectivity index (χ4v) is 2.94. The minimum atomic E-state index is -0.880. The average molecular weight is 413 g/mol. The number of esters is 1. The third-order valence-corrected chi connectivity index (χ3v) is 4.37. The maximum atomic E-state index is 14.6. The van der Waals surface area contributed by atoms with Crippen LogP contribution in [0.3, 0.4) is 0 Å². The standard InChI is InChI=1S/C22H17F2NO5/c1-30-22(29)20-17(3-2-4-18(20)23)12-5-6-13(19(24)9-12)11-25-21(28)14-7-15(26)10-16(27)8-14/h2-10,26-27H,11H2,1H3,(H,25,28). The van der Waals surface area contributed by atoms with Crippen LogP contribution in [0.1, 0.15) is 26.3 Å². The van der Waals surface area contributed by atoms with Crippen molar-refractivity contribution in [2.75, 3.05) is 7.11 Å². The number of amides is 1. The van der Waals surface area contributed by atoms with Gasteiger partial charge in [0.05, 0.1) is 7.11 Å². The van der Waals surface area contributed by atoms with Crippen molar-refractivity contribution in [3.8, 4) is 22.6 Å². The van der Waals surface area contributed by atoms with E-state index in [1.165, 1.54) is 24.3 Å². The third-order valence-electron chi connectivity index (χ3n) is 4.37. The van der Waals surface area contributed by atoms with Gasteiger partial charge in [-0.05, 0) is 35.4 Å². The number of carbonyl (C=O) groups is 2. The van der Waals surface area contributed by atoms with Gasteiger partial charge in [-0.25, -0.2) is 13.6 Å². The van der Waals surface area contributed by atoms with Crippen molar-refractivity contribution in [1.29, 1.82) is 0 Å². The number of nitrogens with one attached hydrogen (secondary N) is 1. The SMILES string of the molecule is COC(=O)c1c(F)cccc1-c1ccc(CNC(=O)c2cc(O)cc(O)c2)c(F)c1. The van der Waals surface area contributed by atoms with E-state index in [4.69, 9.17) is 0 Å². The van der Waals surface area contributed by atoms with Gasteiger partial charge in [0.25, 0.3) is 5.91 Å². The second-order valence-corrected chi connectivity index (χ2v) is 6.38. The van der Waals surface area contributed by atoms with Crippen LogP contribution in [0.4, 0.5) is 8.78 Å². The van der Waals surface area contributed by atoms with Crippen molar-refractivity contribution in [2.24, 2.45) is 0 Å². The Kier molecular flexibility index (Phi) is 5.96. The summed E-state index contributed by atoms with van der Waals surface area (Å²) in [7, 11) is 1.12. The van der Waals surface area contributed by atoms with Crippen molar-refractivity contribution < 1.29 is 33.3 Å². The van der Waals surface area contributed by atoms with Crippen molar-refractivity contribution >= 4 is 11.9 Å². The topological polar surface area (TPSA) is 95.9 Å². The number of hydrogen-bond acceptors (Lipinski definition) is 5. The molecule has 0 bridgehead atoms. The first-order chi connectivity index (χ1) is 14.3. The Bertz CT molecular complexity index is 1110. The van der Waals surface area contributed by atoms with Gasteiger partial charge in [0.15, 0.2) is 0 Å². The molecule has 0 aromatic heterocycles. The summed E-state index contributed by atoms with van der Waals surface area (Å²) in [4.78, 5) is 24.1. The number of carbonyl (C=O) groups excluding carboxylic acids is 2. The van der Waals surface area contributed by atoms with Crippen LogP contribution in [0, 0.1) is 11.6 Å². The number of benzene rings is 3. The molecule has 0 radical (unpaired) electrons. The predicted molar refractivity (Wildman–Crippen MR) is 104 cm³/mol. The summed E-state index contributed by atoms with van der Waals surface area (Å²) in [6.45, 7) is -0.172. The molecule has 1 amide bonds. The molecule has 30 heavy (non-hydrogen) atoms. The van der Waals surface area contributed by atoms with E-state index in [0.717, 1.165) is 37.4 Å². The highest BCUT2D eigenvalue weighted by atomic mass is 19.1. The van der Waals surface area contributed by atoms with Gasteiger partial charge >= 0.3 is 5.97 Å². The number of rotatable bonds is 5. The van der Waals surface area contributed by atoms with E-state index in [1.54, 1.807) is 0 Å². The summed E-state index contributed by atoms with van der Waals surface area (Å²) in [6, 6.07) is 11.4. The average Bonchev–Trinajstić information content (AvgIpc) is 2.71. The summed E-state index contributed by atoms with van der Waals surface area (Å²) in [6.07, 6.45) is 0. The van der Waals surface area contributed by atoms with Crippen LogP contribution in [-0.4, -0.2) is 29.2 Å². The first kappa shape index (κ1) is 20.8. The molecular formula is C22H17F2NO5. The minimum Gasteiger partial charge on any atom is -0.508 e. The van der Waals surface area contributed by atoms with E-state index < -0.39 is 23.5 Å². The highest BCUT2D eigenvalue weighted by Gasteiger charge is 2.19. The highest BCUT2D eigenvalue weighted by Crippen LogP contribution is 2.28. The number of halogens is 2. The van der Waals surface area contributed by atoms with Crippen LogP contribution in [0.2, 0.25) is 0 Å². The van der Waals surface area contributed by atoms with E-state index >= 15 is 0 Å². The largest absolute Gasteiger partial charge is 0.508 e. The lowest BCUT2D eigenvalue weighted by molar-refractivity contribution is 0.0596. The maximum Gasteiger partial charge on any atom is 0.341 e. The maximum absolute atomic E-state index is 14.6. The molecule has 0 spiro atoms. The Balaban J connectivity index is 1.82. The number of phenolic OH excluding ortho intramolecular Hbond substituents is 2. The molecule has 3 rings (SSSR count). The molecule has 0 aliphatic rings. The van der Waals surface area contributed by atoms with Gasteiger partial charge in [0, 0.05) is 23.7 Å². The Labute approximate surface area is 170 Å². The summed E-state index contributed by atoms with van der Waals surface area (Å²) in [5.74, 6) is -3.53. The normalized spacial score (nSPS) is 10.5. The molecule has 0 saturated carbocycles. The van der Waals surface area contributed by atoms with Gasteiger partial charge in [-0.2, -0.15) is 0 Å².